The minimum Gasteiger partial charge on any atom is -0.389 e. The van der Waals surface area contributed by atoms with Crippen LogP contribution in [0, 0.1) is 12.3 Å². The van der Waals surface area contributed by atoms with Crippen LogP contribution in [0.25, 0.3) is 0 Å². The fourth-order valence-electron chi connectivity index (χ4n) is 2.26. The van der Waals surface area contributed by atoms with Crippen molar-refractivity contribution in [3.8, 4) is 12.3 Å². The lowest BCUT2D eigenvalue weighted by Gasteiger charge is -2.38. The molecule has 2 rings (SSSR count). The summed E-state index contributed by atoms with van der Waals surface area (Å²) in [6.07, 6.45) is 3.54. The Hall–Kier alpha value is -1.38. The number of terminal acetylenes is 1. The number of ether oxygens (including phenoxy) is 1. The molecule has 0 saturated carbocycles. The van der Waals surface area contributed by atoms with Crippen molar-refractivity contribution in [3.05, 3.63) is 35.9 Å². The molecule has 0 amide bonds. The van der Waals surface area contributed by atoms with E-state index in [2.05, 4.69) is 11.2 Å². The Kier molecular flexibility index (Phi) is 4.94. The van der Waals surface area contributed by atoms with Gasteiger partial charge in [0.05, 0.1) is 12.7 Å². The Labute approximate surface area is 113 Å². The van der Waals surface area contributed by atoms with Crippen molar-refractivity contribution in [2.45, 2.75) is 37.4 Å². The van der Waals surface area contributed by atoms with Crippen molar-refractivity contribution < 1.29 is 14.9 Å². The van der Waals surface area contributed by atoms with Gasteiger partial charge >= 0.3 is 0 Å². The summed E-state index contributed by atoms with van der Waals surface area (Å²) in [6.45, 7) is 0.719. The van der Waals surface area contributed by atoms with Crippen molar-refractivity contribution in [2.75, 3.05) is 6.54 Å². The van der Waals surface area contributed by atoms with E-state index in [0.29, 0.717) is 19.6 Å². The first-order chi connectivity index (χ1) is 9.22. The van der Waals surface area contributed by atoms with Gasteiger partial charge < -0.3 is 20.3 Å². The average Bonchev–Trinajstić information content (AvgIpc) is 2.44. The molecule has 0 aromatic heterocycles. The zero-order valence-corrected chi connectivity index (χ0v) is 10.7. The van der Waals surface area contributed by atoms with E-state index < -0.39 is 18.3 Å². The molecule has 1 fully saturated rings. The van der Waals surface area contributed by atoms with E-state index in [-0.39, 0.29) is 6.04 Å². The van der Waals surface area contributed by atoms with E-state index in [0.717, 1.165) is 5.56 Å². The molecular weight excluding hydrogens is 242 g/mol. The second-order valence-corrected chi connectivity index (χ2v) is 4.74. The Morgan fingerprint density at radius 1 is 1.32 bits per heavy atom. The van der Waals surface area contributed by atoms with Crippen molar-refractivity contribution in [1.29, 1.82) is 0 Å². The van der Waals surface area contributed by atoms with E-state index in [1.54, 1.807) is 0 Å². The van der Waals surface area contributed by atoms with Crippen LogP contribution < -0.4 is 5.32 Å². The molecular formula is C15H19NO3. The number of rotatable bonds is 4. The maximum absolute atomic E-state index is 10.0. The summed E-state index contributed by atoms with van der Waals surface area (Å²) in [5.41, 5.74) is 1.02. The van der Waals surface area contributed by atoms with Gasteiger partial charge in [0, 0.05) is 19.0 Å². The predicted octanol–water partition coefficient (Wildman–Crippen LogP) is 0.289. The predicted molar refractivity (Wildman–Crippen MR) is 72.3 cm³/mol. The van der Waals surface area contributed by atoms with Crippen LogP contribution in [-0.2, 0) is 11.3 Å². The molecule has 1 aromatic rings. The molecule has 4 heteroatoms. The summed E-state index contributed by atoms with van der Waals surface area (Å²) in [6, 6.07) is 9.58. The molecule has 0 unspecified atom stereocenters. The van der Waals surface area contributed by atoms with Gasteiger partial charge in [-0.3, -0.25) is 0 Å². The van der Waals surface area contributed by atoms with Gasteiger partial charge in [-0.2, -0.15) is 0 Å². The van der Waals surface area contributed by atoms with E-state index in [1.165, 1.54) is 0 Å². The fourth-order valence-corrected chi connectivity index (χ4v) is 2.26. The van der Waals surface area contributed by atoms with Crippen LogP contribution in [0.3, 0.4) is 0 Å². The van der Waals surface area contributed by atoms with Gasteiger partial charge in [-0.15, -0.1) is 12.3 Å². The standard InChI is InChI=1S/C15H19NO3/c1-2-6-12-15(14(18)13(17)9-16-12)19-10-11-7-4-3-5-8-11/h1,3-5,7-8,12-18H,6,9-10H2/t12-,13-,14+,15+/m1/s1. The molecule has 1 heterocycles. The zero-order chi connectivity index (χ0) is 13.7. The number of benzene rings is 1. The molecule has 4 nitrogen and oxygen atoms in total. The Bertz CT molecular complexity index is 429. The molecule has 1 saturated heterocycles. The lowest BCUT2D eigenvalue weighted by Crippen LogP contribution is -2.60. The molecule has 0 aliphatic carbocycles. The summed E-state index contributed by atoms with van der Waals surface area (Å²) in [5, 5.41) is 22.8. The van der Waals surface area contributed by atoms with Crippen LogP contribution in [0.15, 0.2) is 30.3 Å². The number of aliphatic hydroxyl groups is 2. The monoisotopic (exact) mass is 261 g/mol. The quantitative estimate of drug-likeness (QED) is 0.682. The lowest BCUT2D eigenvalue weighted by atomic mass is 9.94. The minimum atomic E-state index is -0.914. The van der Waals surface area contributed by atoms with Crippen molar-refractivity contribution in [1.82, 2.24) is 5.32 Å². The van der Waals surface area contributed by atoms with Crippen LogP contribution >= 0.6 is 0 Å². The van der Waals surface area contributed by atoms with Gasteiger partial charge in [0.15, 0.2) is 0 Å². The van der Waals surface area contributed by atoms with Gasteiger partial charge in [0.2, 0.25) is 0 Å². The Morgan fingerprint density at radius 2 is 2.05 bits per heavy atom. The van der Waals surface area contributed by atoms with Crippen LogP contribution in [0.1, 0.15) is 12.0 Å². The van der Waals surface area contributed by atoms with E-state index >= 15 is 0 Å². The molecule has 1 aliphatic heterocycles. The van der Waals surface area contributed by atoms with Gasteiger partial charge in [-0.25, -0.2) is 0 Å². The van der Waals surface area contributed by atoms with Crippen LogP contribution in [0.5, 0.6) is 0 Å². The highest BCUT2D eigenvalue weighted by Gasteiger charge is 2.37. The third-order valence-corrected chi connectivity index (χ3v) is 3.34. The second-order valence-electron chi connectivity index (χ2n) is 4.74. The SMILES string of the molecule is C#CC[C@H]1NC[C@@H](O)[C@H](O)[C@H]1OCc1ccccc1. The largest absolute Gasteiger partial charge is 0.389 e. The molecule has 0 radical (unpaired) electrons. The maximum atomic E-state index is 10.0. The molecule has 4 atom stereocenters. The summed E-state index contributed by atoms with van der Waals surface area (Å²) in [4.78, 5) is 0. The summed E-state index contributed by atoms with van der Waals surface area (Å²) in [7, 11) is 0. The van der Waals surface area contributed by atoms with Crippen molar-refractivity contribution in [2.24, 2.45) is 0 Å². The third-order valence-electron chi connectivity index (χ3n) is 3.34. The number of aliphatic hydroxyl groups excluding tert-OH is 2. The maximum Gasteiger partial charge on any atom is 0.109 e. The molecule has 19 heavy (non-hydrogen) atoms. The smallest absolute Gasteiger partial charge is 0.109 e. The molecule has 1 aromatic carbocycles. The van der Waals surface area contributed by atoms with Crippen molar-refractivity contribution in [3.63, 3.8) is 0 Å². The summed E-state index contributed by atoms with van der Waals surface area (Å²) in [5.74, 6) is 2.57. The lowest BCUT2D eigenvalue weighted by molar-refractivity contribution is -0.127. The molecule has 1 aliphatic rings. The first-order valence-electron chi connectivity index (χ1n) is 6.41. The molecule has 3 N–H and O–H groups in total. The van der Waals surface area contributed by atoms with Gasteiger partial charge in [0.25, 0.3) is 0 Å². The topological polar surface area (TPSA) is 61.7 Å². The number of hydrogen-bond acceptors (Lipinski definition) is 4. The third kappa shape index (κ3) is 3.55. The highest BCUT2D eigenvalue weighted by Crippen LogP contribution is 2.18. The van der Waals surface area contributed by atoms with E-state index in [1.807, 2.05) is 30.3 Å². The molecule has 0 spiro atoms. The Morgan fingerprint density at radius 3 is 2.74 bits per heavy atom. The molecule has 0 bridgehead atoms. The minimum absolute atomic E-state index is 0.132. The van der Waals surface area contributed by atoms with Gasteiger partial charge in [-0.1, -0.05) is 30.3 Å². The second kappa shape index (κ2) is 6.69. The number of nitrogens with one attached hydrogen (secondary N) is 1. The van der Waals surface area contributed by atoms with E-state index in [4.69, 9.17) is 11.2 Å². The van der Waals surface area contributed by atoms with E-state index in [9.17, 15) is 10.2 Å². The normalized spacial score (nSPS) is 30.8. The van der Waals surface area contributed by atoms with Crippen molar-refractivity contribution >= 4 is 0 Å². The molecule has 102 valence electrons. The number of hydrogen-bond donors (Lipinski definition) is 3. The van der Waals surface area contributed by atoms with Crippen LogP contribution in [-0.4, -0.2) is 41.1 Å². The number of piperidine rings is 1. The average molecular weight is 261 g/mol. The highest BCUT2D eigenvalue weighted by atomic mass is 16.5. The van der Waals surface area contributed by atoms with Gasteiger partial charge in [-0.05, 0) is 5.56 Å². The van der Waals surface area contributed by atoms with Crippen LogP contribution in [0.2, 0.25) is 0 Å². The zero-order valence-electron chi connectivity index (χ0n) is 10.7. The first-order valence-corrected chi connectivity index (χ1v) is 6.41. The first kappa shape index (κ1) is 14.0. The summed E-state index contributed by atoms with van der Waals surface area (Å²) >= 11 is 0. The Balaban J connectivity index is 1.99. The van der Waals surface area contributed by atoms with Gasteiger partial charge in [0.1, 0.15) is 12.2 Å². The summed E-state index contributed by atoms with van der Waals surface area (Å²) < 4.78 is 5.75. The fraction of sp³-hybridized carbons (Fsp3) is 0.467. The highest BCUT2D eigenvalue weighted by molar-refractivity contribution is 5.13. The number of β-amino-alcohol motifs (C(OH)–C–C–N with tert-alkyl or cyclic N) is 1. The van der Waals surface area contributed by atoms with Crippen LogP contribution in [0.4, 0.5) is 0 Å².